The lowest BCUT2D eigenvalue weighted by molar-refractivity contribution is -0.137. The second kappa shape index (κ2) is 5.98. The van der Waals surface area contributed by atoms with Crippen LogP contribution in [0.2, 0.25) is 5.15 Å². The maximum atomic E-state index is 13.8. The minimum Gasteiger partial charge on any atom is -0.369 e. The molecular weight excluding hydrogens is 343 g/mol. The van der Waals surface area contributed by atoms with E-state index in [0.717, 1.165) is 0 Å². The summed E-state index contributed by atoms with van der Waals surface area (Å²) < 4.78 is 43.0. The number of halogens is 4. The highest BCUT2D eigenvalue weighted by molar-refractivity contribution is 6.32. The fourth-order valence-electron chi connectivity index (χ4n) is 3.01. The van der Waals surface area contributed by atoms with Crippen LogP contribution in [0.5, 0.6) is 0 Å². The van der Waals surface area contributed by atoms with Gasteiger partial charge in [-0.05, 0) is 30.2 Å². The molecule has 1 aliphatic heterocycles. The number of nitrogens with zero attached hydrogens (tertiary/aromatic N) is 2. The molecule has 0 spiro atoms. The van der Waals surface area contributed by atoms with E-state index in [9.17, 15) is 18.0 Å². The monoisotopic (exact) mass is 355 g/mol. The number of aromatic nitrogens is 2. The van der Waals surface area contributed by atoms with E-state index < -0.39 is 24.1 Å². The SMILES string of the molecule is NC(=O)Cc1c(C(F)(F)F)c(-c2cccnc2Cl)n2c1C=CCC2. The summed E-state index contributed by atoms with van der Waals surface area (Å²) in [6, 6.07) is 3.01. The Balaban J connectivity index is 2.40. The molecular formula is C16H13ClF3N3O. The van der Waals surface area contributed by atoms with E-state index >= 15 is 0 Å². The Bertz CT molecular complexity index is 840. The van der Waals surface area contributed by atoms with Crippen LogP contribution in [0.4, 0.5) is 13.2 Å². The molecule has 24 heavy (non-hydrogen) atoms. The van der Waals surface area contributed by atoms with Gasteiger partial charge in [0, 0.05) is 24.0 Å². The van der Waals surface area contributed by atoms with Gasteiger partial charge in [0.2, 0.25) is 5.91 Å². The summed E-state index contributed by atoms with van der Waals surface area (Å²) >= 11 is 6.04. The third-order valence-corrected chi connectivity index (χ3v) is 4.15. The predicted molar refractivity (Wildman–Crippen MR) is 84.2 cm³/mol. The molecule has 0 unspecified atom stereocenters. The first-order valence-corrected chi connectivity index (χ1v) is 7.56. The molecule has 3 rings (SSSR count). The van der Waals surface area contributed by atoms with Crippen LogP contribution < -0.4 is 5.73 Å². The Morgan fingerprint density at radius 2 is 2.17 bits per heavy atom. The molecule has 1 aliphatic rings. The second-order valence-electron chi connectivity index (χ2n) is 5.41. The first-order valence-electron chi connectivity index (χ1n) is 7.19. The lowest BCUT2D eigenvalue weighted by atomic mass is 10.0. The molecule has 0 aromatic carbocycles. The van der Waals surface area contributed by atoms with E-state index in [0.29, 0.717) is 18.7 Å². The number of carbonyl (C=O) groups is 1. The van der Waals surface area contributed by atoms with Crippen molar-refractivity contribution >= 4 is 23.6 Å². The number of pyridine rings is 1. The number of primary amides is 1. The third kappa shape index (κ3) is 2.80. The molecule has 2 N–H and O–H groups in total. The van der Waals surface area contributed by atoms with E-state index in [4.69, 9.17) is 17.3 Å². The molecule has 3 heterocycles. The quantitative estimate of drug-likeness (QED) is 0.854. The Morgan fingerprint density at radius 3 is 2.79 bits per heavy atom. The highest BCUT2D eigenvalue weighted by Crippen LogP contribution is 2.45. The average molecular weight is 356 g/mol. The van der Waals surface area contributed by atoms with E-state index in [-0.39, 0.29) is 22.0 Å². The lowest BCUT2D eigenvalue weighted by Crippen LogP contribution is -2.17. The molecule has 4 nitrogen and oxygen atoms in total. The number of fused-ring (bicyclic) bond motifs is 1. The van der Waals surface area contributed by atoms with Crippen LogP contribution in [0, 0.1) is 0 Å². The second-order valence-corrected chi connectivity index (χ2v) is 5.77. The van der Waals surface area contributed by atoms with Crippen LogP contribution >= 0.6 is 11.6 Å². The molecule has 0 bridgehead atoms. The van der Waals surface area contributed by atoms with Gasteiger partial charge < -0.3 is 10.3 Å². The number of amides is 1. The fourth-order valence-corrected chi connectivity index (χ4v) is 3.22. The van der Waals surface area contributed by atoms with Gasteiger partial charge >= 0.3 is 6.18 Å². The molecule has 0 atom stereocenters. The van der Waals surface area contributed by atoms with Crippen molar-refractivity contribution < 1.29 is 18.0 Å². The van der Waals surface area contributed by atoms with Gasteiger partial charge in [-0.25, -0.2) is 4.98 Å². The number of rotatable bonds is 3. The summed E-state index contributed by atoms with van der Waals surface area (Å²) in [6.07, 6.45) is 0.201. The van der Waals surface area contributed by atoms with Crippen LogP contribution in [0.15, 0.2) is 24.4 Å². The van der Waals surface area contributed by atoms with Crippen LogP contribution in [0.1, 0.15) is 23.2 Å². The zero-order chi connectivity index (χ0) is 17.5. The molecule has 0 saturated heterocycles. The first kappa shape index (κ1) is 16.6. The molecule has 0 saturated carbocycles. The highest BCUT2D eigenvalue weighted by atomic mass is 35.5. The number of hydrogen-bond acceptors (Lipinski definition) is 2. The fraction of sp³-hybridized carbons (Fsp3) is 0.250. The maximum absolute atomic E-state index is 13.8. The van der Waals surface area contributed by atoms with Crippen LogP contribution in [-0.2, 0) is 23.9 Å². The Kier molecular flexibility index (Phi) is 4.13. The normalized spacial score (nSPS) is 13.8. The topological polar surface area (TPSA) is 60.9 Å². The summed E-state index contributed by atoms with van der Waals surface area (Å²) in [5.41, 5.74) is 4.61. The third-order valence-electron chi connectivity index (χ3n) is 3.85. The van der Waals surface area contributed by atoms with Crippen molar-refractivity contribution in [2.24, 2.45) is 5.73 Å². The summed E-state index contributed by atoms with van der Waals surface area (Å²) in [7, 11) is 0. The zero-order valence-corrected chi connectivity index (χ0v) is 13.2. The molecule has 0 radical (unpaired) electrons. The van der Waals surface area contributed by atoms with Crippen LogP contribution in [-0.4, -0.2) is 15.5 Å². The Labute approximate surface area is 140 Å². The van der Waals surface area contributed by atoms with Gasteiger partial charge in [0.25, 0.3) is 0 Å². The van der Waals surface area contributed by atoms with Crippen molar-refractivity contribution in [3.63, 3.8) is 0 Å². The van der Waals surface area contributed by atoms with E-state index in [1.165, 1.54) is 22.9 Å². The van der Waals surface area contributed by atoms with Gasteiger partial charge in [-0.1, -0.05) is 17.7 Å². The Hall–Kier alpha value is -2.28. The first-order chi connectivity index (χ1) is 11.3. The minimum absolute atomic E-state index is 0.0246. The van der Waals surface area contributed by atoms with Crippen molar-refractivity contribution in [2.45, 2.75) is 25.6 Å². The zero-order valence-electron chi connectivity index (χ0n) is 12.4. The van der Waals surface area contributed by atoms with Gasteiger partial charge in [0.05, 0.1) is 17.7 Å². The van der Waals surface area contributed by atoms with Gasteiger partial charge in [0.15, 0.2) is 0 Å². The molecule has 0 aliphatic carbocycles. The van der Waals surface area contributed by atoms with Crippen molar-refractivity contribution in [1.82, 2.24) is 9.55 Å². The number of nitrogens with two attached hydrogens (primary N) is 1. The smallest absolute Gasteiger partial charge is 0.369 e. The summed E-state index contributed by atoms with van der Waals surface area (Å²) in [4.78, 5) is 15.2. The number of carbonyl (C=O) groups excluding carboxylic acids is 1. The number of allylic oxidation sites excluding steroid dienone is 1. The molecule has 0 fully saturated rings. The minimum atomic E-state index is -4.66. The molecule has 1 amide bonds. The van der Waals surface area contributed by atoms with Crippen molar-refractivity contribution in [3.05, 3.63) is 46.4 Å². The van der Waals surface area contributed by atoms with Crippen LogP contribution in [0.25, 0.3) is 17.3 Å². The van der Waals surface area contributed by atoms with Gasteiger partial charge in [0.1, 0.15) is 5.15 Å². The van der Waals surface area contributed by atoms with Gasteiger partial charge in [-0.2, -0.15) is 13.2 Å². The summed E-state index contributed by atoms with van der Waals surface area (Å²) in [5, 5.41) is -0.0246. The number of alkyl halides is 3. The van der Waals surface area contributed by atoms with Gasteiger partial charge in [-0.3, -0.25) is 4.79 Å². The molecule has 2 aromatic rings. The van der Waals surface area contributed by atoms with E-state index in [2.05, 4.69) is 4.98 Å². The van der Waals surface area contributed by atoms with Crippen molar-refractivity contribution in [1.29, 1.82) is 0 Å². The van der Waals surface area contributed by atoms with E-state index in [1.807, 2.05) is 0 Å². The van der Waals surface area contributed by atoms with Gasteiger partial charge in [-0.15, -0.1) is 0 Å². The lowest BCUT2D eigenvalue weighted by Gasteiger charge is -2.16. The van der Waals surface area contributed by atoms with Crippen molar-refractivity contribution in [3.8, 4) is 11.3 Å². The summed E-state index contributed by atoms with van der Waals surface area (Å²) in [5.74, 6) is -0.822. The Morgan fingerprint density at radius 1 is 1.42 bits per heavy atom. The number of hydrogen-bond donors (Lipinski definition) is 1. The standard InChI is InChI=1S/C16H13ClF3N3O/c17-15-9(4-3-6-22-15)14-13(16(18,19)20)10(8-12(21)24)11-5-1-2-7-23(11)14/h1,3-6H,2,7-8H2,(H2,21,24). The van der Waals surface area contributed by atoms with Crippen LogP contribution in [0.3, 0.4) is 0 Å². The molecule has 2 aromatic heterocycles. The molecule has 8 heteroatoms. The maximum Gasteiger partial charge on any atom is 0.418 e. The summed E-state index contributed by atoms with van der Waals surface area (Å²) in [6.45, 7) is 0.355. The van der Waals surface area contributed by atoms with Crippen molar-refractivity contribution in [2.75, 3.05) is 0 Å². The molecule has 126 valence electrons. The predicted octanol–water partition coefficient (Wildman–Crippen LogP) is 3.67. The average Bonchev–Trinajstić information content (AvgIpc) is 2.82. The highest BCUT2D eigenvalue weighted by Gasteiger charge is 2.41. The van der Waals surface area contributed by atoms with E-state index in [1.54, 1.807) is 12.2 Å². The largest absolute Gasteiger partial charge is 0.418 e.